The van der Waals surface area contributed by atoms with Crippen molar-refractivity contribution in [3.8, 4) is 28.6 Å². The van der Waals surface area contributed by atoms with Gasteiger partial charge in [0.05, 0.1) is 30.5 Å². The fraction of sp³-hybridized carbons (Fsp3) is 0.143. The average molecular weight is 468 g/mol. The third-order valence-electron chi connectivity index (χ3n) is 6.00. The Labute approximate surface area is 201 Å². The van der Waals surface area contributed by atoms with Crippen LogP contribution < -0.4 is 0 Å². The fourth-order valence-electron chi connectivity index (χ4n) is 4.34. The van der Waals surface area contributed by atoms with Crippen LogP contribution in [-0.4, -0.2) is 32.9 Å². The lowest BCUT2D eigenvalue weighted by molar-refractivity contribution is 0.295. The smallest absolute Gasteiger partial charge is 0.123 e. The highest BCUT2D eigenvalue weighted by atomic mass is 19.1. The molecule has 0 aliphatic rings. The van der Waals surface area contributed by atoms with Gasteiger partial charge in [0.1, 0.15) is 17.5 Å². The number of nitrogens with one attached hydrogen (secondary N) is 2. The van der Waals surface area contributed by atoms with Crippen molar-refractivity contribution in [2.24, 2.45) is 0 Å². The number of H-pyrrole nitrogens is 2. The summed E-state index contributed by atoms with van der Waals surface area (Å²) >= 11 is 0. The number of aromatic nitrogens is 3. The van der Waals surface area contributed by atoms with Crippen LogP contribution in [-0.2, 0) is 13.0 Å². The van der Waals surface area contributed by atoms with Gasteiger partial charge < -0.3 is 9.97 Å². The molecule has 0 bridgehead atoms. The van der Waals surface area contributed by atoms with E-state index in [9.17, 15) is 14.0 Å². The number of nitrogens with zero attached hydrogens (tertiary/aromatic N) is 3. The number of aromatic amines is 2. The van der Waals surface area contributed by atoms with E-state index in [1.807, 2.05) is 29.3 Å². The summed E-state index contributed by atoms with van der Waals surface area (Å²) in [6.07, 6.45) is 2.77. The fourth-order valence-corrected chi connectivity index (χ4v) is 4.34. The Morgan fingerprint density at radius 3 is 2.43 bits per heavy atom. The number of halogens is 2. The van der Waals surface area contributed by atoms with E-state index < -0.39 is 0 Å². The van der Waals surface area contributed by atoms with Crippen molar-refractivity contribution in [1.82, 2.24) is 19.9 Å². The van der Waals surface area contributed by atoms with Gasteiger partial charge in [-0.2, -0.15) is 5.26 Å². The number of para-hydroxylation sites is 1. The Bertz CT molecular complexity index is 1450. The number of rotatable bonds is 8. The molecule has 2 N–H and O–H groups in total. The number of hydrogen-bond acceptors (Lipinski definition) is 3. The van der Waals surface area contributed by atoms with Crippen LogP contribution in [0.1, 0.15) is 11.4 Å². The average Bonchev–Trinajstić information content (AvgIpc) is 3.47. The highest BCUT2D eigenvalue weighted by Crippen LogP contribution is 2.31. The van der Waals surface area contributed by atoms with Gasteiger partial charge >= 0.3 is 0 Å². The summed E-state index contributed by atoms with van der Waals surface area (Å²) in [5.74, 6) is -0.117. The second-order valence-corrected chi connectivity index (χ2v) is 8.41. The number of hydrogen-bond donors (Lipinski definition) is 2. The Morgan fingerprint density at radius 1 is 0.914 bits per heavy atom. The van der Waals surface area contributed by atoms with E-state index in [0.717, 1.165) is 11.9 Å². The molecule has 2 aromatic heterocycles. The zero-order chi connectivity index (χ0) is 24.2. The van der Waals surface area contributed by atoms with E-state index in [1.54, 1.807) is 24.3 Å². The van der Waals surface area contributed by atoms with E-state index in [-0.39, 0.29) is 18.2 Å². The first-order valence-electron chi connectivity index (χ1n) is 11.4. The minimum Gasteiger partial charge on any atom is -0.361 e. The summed E-state index contributed by atoms with van der Waals surface area (Å²) in [5, 5.41) is 10.6. The first-order chi connectivity index (χ1) is 17.1. The lowest BCUT2D eigenvalue weighted by Gasteiger charge is -2.17. The first-order valence-corrected chi connectivity index (χ1v) is 11.4. The van der Waals surface area contributed by atoms with Crippen LogP contribution in [0.25, 0.3) is 33.4 Å². The van der Waals surface area contributed by atoms with Crippen molar-refractivity contribution in [2.75, 3.05) is 13.1 Å². The van der Waals surface area contributed by atoms with E-state index in [4.69, 9.17) is 4.98 Å². The summed E-state index contributed by atoms with van der Waals surface area (Å²) in [6.45, 7) is 1.28. The molecule has 35 heavy (non-hydrogen) atoms. The van der Waals surface area contributed by atoms with Gasteiger partial charge in [0.2, 0.25) is 0 Å². The van der Waals surface area contributed by atoms with Gasteiger partial charge in [0.25, 0.3) is 0 Å². The van der Waals surface area contributed by atoms with Crippen molar-refractivity contribution in [1.29, 1.82) is 5.26 Å². The Hall–Kier alpha value is -4.28. The van der Waals surface area contributed by atoms with Crippen molar-refractivity contribution < 1.29 is 8.78 Å². The molecular formula is C28H23F2N5. The maximum absolute atomic E-state index is 14.0. The standard InChI is InChI=1S/C28H23F2N5/c29-22-7-3-5-19(15-22)27-28(20-6-4-8-23(30)16-20)34-26(33-27)18-35(14-12-31)13-11-21-17-32-25-10-2-1-9-24(21)25/h1-10,15-17,32H,11,13-14,18H2,(H,33,34). The van der Waals surface area contributed by atoms with Crippen molar-refractivity contribution in [3.05, 3.63) is 102 Å². The van der Waals surface area contributed by atoms with Gasteiger partial charge in [-0.15, -0.1) is 0 Å². The lowest BCUT2D eigenvalue weighted by atomic mass is 10.0. The van der Waals surface area contributed by atoms with Crippen molar-refractivity contribution in [2.45, 2.75) is 13.0 Å². The van der Waals surface area contributed by atoms with Crippen LogP contribution in [0, 0.1) is 23.0 Å². The minimum atomic E-state index is -0.373. The Balaban J connectivity index is 1.43. The normalized spacial score (nSPS) is 11.3. The number of benzene rings is 3. The molecule has 0 saturated heterocycles. The van der Waals surface area contributed by atoms with E-state index in [0.29, 0.717) is 41.4 Å². The second-order valence-electron chi connectivity index (χ2n) is 8.41. The van der Waals surface area contributed by atoms with Crippen LogP contribution in [0.15, 0.2) is 79.0 Å². The van der Waals surface area contributed by atoms with Crippen LogP contribution in [0.3, 0.4) is 0 Å². The molecule has 0 aliphatic heterocycles. The topological polar surface area (TPSA) is 71.5 Å². The molecule has 5 rings (SSSR count). The summed E-state index contributed by atoms with van der Waals surface area (Å²) in [6, 6.07) is 22.7. The van der Waals surface area contributed by atoms with Crippen LogP contribution in [0.5, 0.6) is 0 Å². The highest BCUT2D eigenvalue weighted by molar-refractivity contribution is 5.83. The molecule has 7 heteroatoms. The van der Waals surface area contributed by atoms with Gasteiger partial charge in [-0.25, -0.2) is 13.8 Å². The number of nitriles is 1. The summed E-state index contributed by atoms with van der Waals surface area (Å²) < 4.78 is 27.9. The van der Waals surface area contributed by atoms with E-state index in [2.05, 4.69) is 22.1 Å². The number of fused-ring (bicyclic) bond motifs is 1. The van der Waals surface area contributed by atoms with Crippen LogP contribution in [0.4, 0.5) is 8.78 Å². The number of imidazole rings is 1. The predicted octanol–water partition coefficient (Wildman–Crippen LogP) is 6.07. The van der Waals surface area contributed by atoms with Gasteiger partial charge in [0, 0.05) is 34.8 Å². The van der Waals surface area contributed by atoms with Crippen LogP contribution >= 0.6 is 0 Å². The van der Waals surface area contributed by atoms with Gasteiger partial charge in [0.15, 0.2) is 0 Å². The summed E-state index contributed by atoms with van der Waals surface area (Å²) in [7, 11) is 0. The van der Waals surface area contributed by atoms with Gasteiger partial charge in [-0.05, 0) is 42.3 Å². The van der Waals surface area contributed by atoms with E-state index in [1.165, 1.54) is 35.2 Å². The van der Waals surface area contributed by atoms with Gasteiger partial charge in [-0.1, -0.05) is 42.5 Å². The predicted molar refractivity (Wildman–Crippen MR) is 132 cm³/mol. The molecule has 2 heterocycles. The molecule has 0 unspecified atom stereocenters. The third-order valence-corrected chi connectivity index (χ3v) is 6.00. The molecular weight excluding hydrogens is 444 g/mol. The molecule has 5 nitrogen and oxygen atoms in total. The molecule has 0 spiro atoms. The van der Waals surface area contributed by atoms with E-state index >= 15 is 0 Å². The quantitative estimate of drug-likeness (QED) is 0.272. The second kappa shape index (κ2) is 9.92. The molecule has 0 atom stereocenters. The Morgan fingerprint density at radius 2 is 1.66 bits per heavy atom. The minimum absolute atomic E-state index is 0.230. The maximum atomic E-state index is 14.0. The molecule has 0 radical (unpaired) electrons. The van der Waals surface area contributed by atoms with Crippen molar-refractivity contribution in [3.63, 3.8) is 0 Å². The lowest BCUT2D eigenvalue weighted by Crippen LogP contribution is -2.26. The first kappa shape index (κ1) is 22.5. The molecule has 0 saturated carbocycles. The SMILES string of the molecule is N#CCN(CCc1c[nH]c2ccccc12)Cc1nc(-c2cccc(F)c2)c(-c2cccc(F)c2)[nH]1. The molecule has 5 aromatic rings. The molecule has 0 amide bonds. The largest absolute Gasteiger partial charge is 0.361 e. The molecule has 174 valence electrons. The zero-order valence-electron chi connectivity index (χ0n) is 18.9. The maximum Gasteiger partial charge on any atom is 0.123 e. The third kappa shape index (κ3) is 4.98. The zero-order valence-corrected chi connectivity index (χ0v) is 18.9. The molecule has 3 aromatic carbocycles. The molecule has 0 fully saturated rings. The molecule has 0 aliphatic carbocycles. The Kier molecular flexibility index (Phi) is 6.38. The summed E-state index contributed by atoms with van der Waals surface area (Å²) in [4.78, 5) is 13.3. The van der Waals surface area contributed by atoms with Crippen molar-refractivity contribution >= 4 is 10.9 Å². The summed E-state index contributed by atoms with van der Waals surface area (Å²) in [5.41, 5.74) is 4.63. The van der Waals surface area contributed by atoms with Gasteiger partial charge in [-0.3, -0.25) is 4.90 Å². The van der Waals surface area contributed by atoms with Crippen LogP contribution in [0.2, 0.25) is 0 Å². The highest BCUT2D eigenvalue weighted by Gasteiger charge is 2.17. The monoisotopic (exact) mass is 467 g/mol.